The summed E-state index contributed by atoms with van der Waals surface area (Å²) in [4.78, 5) is 30.0. The lowest BCUT2D eigenvalue weighted by Gasteiger charge is -2.20. The molecule has 1 saturated heterocycles. The Labute approximate surface area is 180 Å². The second-order valence-electron chi connectivity index (χ2n) is 8.14. The summed E-state index contributed by atoms with van der Waals surface area (Å²) in [6.45, 7) is 3.64. The summed E-state index contributed by atoms with van der Waals surface area (Å²) in [6, 6.07) is 13.8. The molecule has 162 valence electrons. The minimum atomic E-state index is -0.633. The topological polar surface area (TPSA) is 77.2 Å². The predicted octanol–water partition coefficient (Wildman–Crippen LogP) is 3.00. The number of fused-ring (bicyclic) bond motifs is 1. The second kappa shape index (κ2) is 9.20. The van der Waals surface area contributed by atoms with Gasteiger partial charge in [0, 0.05) is 55.8 Å². The summed E-state index contributed by atoms with van der Waals surface area (Å²) in [6.07, 6.45) is 3.26. The number of nitrogens with zero attached hydrogens (tertiary/aromatic N) is 1. The molecule has 1 aromatic heterocycles. The molecule has 1 aliphatic heterocycles. The van der Waals surface area contributed by atoms with Gasteiger partial charge in [-0.3, -0.25) is 9.59 Å². The lowest BCUT2D eigenvalue weighted by molar-refractivity contribution is -0.128. The van der Waals surface area contributed by atoms with Crippen LogP contribution in [0.3, 0.4) is 0 Å². The number of carbonyl (C=O) groups excluding carboxylic acids is 2. The van der Waals surface area contributed by atoms with Gasteiger partial charge in [0.25, 0.3) is 0 Å². The molecule has 0 saturated carbocycles. The van der Waals surface area contributed by atoms with E-state index in [2.05, 4.69) is 20.5 Å². The van der Waals surface area contributed by atoms with E-state index in [1.54, 1.807) is 12.1 Å². The zero-order valence-corrected chi connectivity index (χ0v) is 17.5. The van der Waals surface area contributed by atoms with E-state index in [0.29, 0.717) is 18.9 Å². The Morgan fingerprint density at radius 3 is 2.74 bits per heavy atom. The van der Waals surface area contributed by atoms with Crippen molar-refractivity contribution >= 4 is 28.4 Å². The fourth-order valence-corrected chi connectivity index (χ4v) is 4.23. The van der Waals surface area contributed by atoms with Crippen LogP contribution in [0.1, 0.15) is 18.9 Å². The van der Waals surface area contributed by atoms with Gasteiger partial charge in [-0.25, -0.2) is 4.39 Å². The maximum absolute atomic E-state index is 13.1. The minimum absolute atomic E-state index is 0.180. The molecule has 2 atom stereocenters. The first-order valence-corrected chi connectivity index (χ1v) is 10.6. The first kappa shape index (κ1) is 20.9. The minimum Gasteiger partial charge on any atom is -0.371 e. The number of rotatable bonds is 7. The molecule has 3 aromatic rings. The molecule has 2 heterocycles. The Bertz CT molecular complexity index is 1060. The normalized spacial score (nSPS) is 17.0. The van der Waals surface area contributed by atoms with E-state index >= 15 is 0 Å². The van der Waals surface area contributed by atoms with Crippen LogP contribution in [0.5, 0.6) is 0 Å². The van der Waals surface area contributed by atoms with Crippen LogP contribution in [0.4, 0.5) is 10.1 Å². The van der Waals surface area contributed by atoms with Crippen LogP contribution in [0.25, 0.3) is 10.9 Å². The molecule has 0 radical (unpaired) electrons. The molecule has 6 nitrogen and oxygen atoms in total. The Balaban J connectivity index is 1.35. The van der Waals surface area contributed by atoms with E-state index < -0.39 is 6.04 Å². The summed E-state index contributed by atoms with van der Waals surface area (Å²) in [7, 11) is 0. The number of H-pyrrole nitrogens is 1. The summed E-state index contributed by atoms with van der Waals surface area (Å²) >= 11 is 0. The number of anilines is 1. The number of aromatic amines is 1. The molecule has 4 rings (SSSR count). The predicted molar refractivity (Wildman–Crippen MR) is 119 cm³/mol. The Kier molecular flexibility index (Phi) is 6.21. The largest absolute Gasteiger partial charge is 0.371 e. The highest BCUT2D eigenvalue weighted by molar-refractivity contribution is 5.89. The molecule has 2 unspecified atom stereocenters. The number of nitrogens with one attached hydrogen (secondary N) is 3. The van der Waals surface area contributed by atoms with Gasteiger partial charge in [0.15, 0.2) is 0 Å². The SMILES string of the molecule is CC(=O)NC(Cc1c[nH]c2ccccc12)C(=O)NCC1CCN(c2ccc(F)cc2)C1. The van der Waals surface area contributed by atoms with Crippen molar-refractivity contribution in [2.75, 3.05) is 24.5 Å². The fraction of sp³-hybridized carbons (Fsp3) is 0.333. The van der Waals surface area contributed by atoms with Crippen molar-refractivity contribution in [2.24, 2.45) is 5.92 Å². The smallest absolute Gasteiger partial charge is 0.242 e. The maximum atomic E-state index is 13.1. The van der Waals surface area contributed by atoms with Gasteiger partial charge in [-0.2, -0.15) is 0 Å². The Hall–Kier alpha value is -3.35. The van der Waals surface area contributed by atoms with Crippen LogP contribution in [0.15, 0.2) is 54.7 Å². The van der Waals surface area contributed by atoms with Crippen molar-refractivity contribution in [3.05, 3.63) is 66.1 Å². The number of hydrogen-bond acceptors (Lipinski definition) is 3. The number of amides is 2. The van der Waals surface area contributed by atoms with Crippen LogP contribution in [0.2, 0.25) is 0 Å². The molecular formula is C24H27FN4O2. The molecule has 2 amide bonds. The summed E-state index contributed by atoms with van der Waals surface area (Å²) in [5.41, 5.74) is 2.99. The van der Waals surface area contributed by atoms with E-state index in [1.807, 2.05) is 30.5 Å². The number of para-hydroxylation sites is 1. The number of halogens is 1. The first-order valence-electron chi connectivity index (χ1n) is 10.6. The Morgan fingerprint density at radius 2 is 1.97 bits per heavy atom. The fourth-order valence-electron chi connectivity index (χ4n) is 4.23. The zero-order valence-electron chi connectivity index (χ0n) is 17.5. The molecular weight excluding hydrogens is 395 g/mol. The van der Waals surface area contributed by atoms with Crippen LogP contribution in [-0.4, -0.2) is 42.5 Å². The third-order valence-electron chi connectivity index (χ3n) is 5.84. The molecule has 1 fully saturated rings. The van der Waals surface area contributed by atoms with Gasteiger partial charge < -0.3 is 20.5 Å². The van der Waals surface area contributed by atoms with Gasteiger partial charge in [0.1, 0.15) is 11.9 Å². The summed E-state index contributed by atoms with van der Waals surface area (Å²) in [5.74, 6) is -0.352. The zero-order chi connectivity index (χ0) is 21.8. The average Bonchev–Trinajstić information content (AvgIpc) is 3.39. The van der Waals surface area contributed by atoms with E-state index in [-0.39, 0.29) is 17.6 Å². The van der Waals surface area contributed by atoms with Crippen molar-refractivity contribution in [3.8, 4) is 0 Å². The number of benzene rings is 2. The monoisotopic (exact) mass is 422 g/mol. The van der Waals surface area contributed by atoms with Crippen LogP contribution >= 0.6 is 0 Å². The Morgan fingerprint density at radius 1 is 1.19 bits per heavy atom. The maximum Gasteiger partial charge on any atom is 0.242 e. The van der Waals surface area contributed by atoms with Crippen molar-refractivity contribution in [1.82, 2.24) is 15.6 Å². The van der Waals surface area contributed by atoms with E-state index in [0.717, 1.165) is 41.7 Å². The van der Waals surface area contributed by atoms with Gasteiger partial charge in [0.2, 0.25) is 11.8 Å². The molecule has 7 heteroatoms. The molecule has 3 N–H and O–H groups in total. The van der Waals surface area contributed by atoms with Gasteiger partial charge in [-0.1, -0.05) is 18.2 Å². The third kappa shape index (κ3) is 5.05. The number of aromatic nitrogens is 1. The molecule has 0 spiro atoms. The van der Waals surface area contributed by atoms with Gasteiger partial charge >= 0.3 is 0 Å². The van der Waals surface area contributed by atoms with Crippen LogP contribution < -0.4 is 15.5 Å². The van der Waals surface area contributed by atoms with Crippen molar-refractivity contribution in [1.29, 1.82) is 0 Å². The second-order valence-corrected chi connectivity index (χ2v) is 8.14. The summed E-state index contributed by atoms with van der Waals surface area (Å²) in [5, 5.41) is 6.86. The van der Waals surface area contributed by atoms with E-state index in [4.69, 9.17) is 0 Å². The molecule has 1 aliphatic rings. The quantitative estimate of drug-likeness (QED) is 0.548. The summed E-state index contributed by atoms with van der Waals surface area (Å²) < 4.78 is 13.1. The van der Waals surface area contributed by atoms with Gasteiger partial charge in [-0.05, 0) is 48.2 Å². The van der Waals surface area contributed by atoms with Crippen molar-refractivity contribution in [2.45, 2.75) is 25.8 Å². The van der Waals surface area contributed by atoms with E-state index in [9.17, 15) is 14.0 Å². The molecule has 2 aromatic carbocycles. The van der Waals surface area contributed by atoms with Gasteiger partial charge in [0.05, 0.1) is 0 Å². The van der Waals surface area contributed by atoms with Crippen LogP contribution in [0, 0.1) is 11.7 Å². The highest BCUT2D eigenvalue weighted by Crippen LogP contribution is 2.24. The third-order valence-corrected chi connectivity index (χ3v) is 5.84. The van der Waals surface area contributed by atoms with Gasteiger partial charge in [-0.15, -0.1) is 0 Å². The number of carbonyl (C=O) groups is 2. The molecule has 0 bridgehead atoms. The highest BCUT2D eigenvalue weighted by Gasteiger charge is 2.26. The molecule has 31 heavy (non-hydrogen) atoms. The van der Waals surface area contributed by atoms with Crippen molar-refractivity contribution < 1.29 is 14.0 Å². The molecule has 0 aliphatic carbocycles. The lowest BCUT2D eigenvalue weighted by atomic mass is 10.0. The number of hydrogen-bond donors (Lipinski definition) is 3. The lowest BCUT2D eigenvalue weighted by Crippen LogP contribution is -2.48. The van der Waals surface area contributed by atoms with Crippen molar-refractivity contribution in [3.63, 3.8) is 0 Å². The first-order chi connectivity index (χ1) is 15.0. The standard InChI is InChI=1S/C24H27FN4O2/c1-16(30)28-23(12-18-14-26-22-5-3-2-4-21(18)22)24(31)27-13-17-10-11-29(15-17)20-8-6-19(25)7-9-20/h2-9,14,17,23,26H,10-13,15H2,1H3,(H,27,31)(H,28,30). The highest BCUT2D eigenvalue weighted by atomic mass is 19.1. The average molecular weight is 423 g/mol. The van der Waals surface area contributed by atoms with E-state index in [1.165, 1.54) is 19.1 Å². The van der Waals surface area contributed by atoms with Crippen LogP contribution in [-0.2, 0) is 16.0 Å².